The van der Waals surface area contributed by atoms with Crippen LogP contribution in [0.25, 0.3) is 11.2 Å². The number of nitrogens with zero attached hydrogens (tertiary/aromatic N) is 4. The minimum absolute atomic E-state index is 0.0215. The van der Waals surface area contributed by atoms with E-state index in [4.69, 9.17) is 19.5 Å². The Bertz CT molecular complexity index is 2280. The van der Waals surface area contributed by atoms with E-state index in [0.717, 1.165) is 67.5 Å². The van der Waals surface area contributed by atoms with Crippen LogP contribution >= 0.6 is 35.2 Å². The van der Waals surface area contributed by atoms with Crippen molar-refractivity contribution in [1.29, 1.82) is 0 Å². The largest absolute Gasteiger partial charge is 0.481 e. The van der Waals surface area contributed by atoms with Gasteiger partial charge in [0.1, 0.15) is 47.8 Å². The SMILES string of the molecule is CC/C=C\C[C@@H]1C(=O)CC[C@@H]1CCCCCC(=O)CC(=O)SCCNC(=O)CCNC(=O)[C@H](O)C(C)(C)COP(=O)(O)OP(=O)(O)OC[C@H]1O[C@@H](n2cnc3c(N)ncnc32)[C@H](O)[C@@H]1OP(=O)(O)O. The predicted molar refractivity (Wildman–Crippen MR) is 245 cm³/mol. The third-order valence-electron chi connectivity index (χ3n) is 11.2. The lowest BCUT2D eigenvalue weighted by molar-refractivity contribution is -0.137. The van der Waals surface area contributed by atoms with Gasteiger partial charge in [-0.3, -0.25) is 42.1 Å². The van der Waals surface area contributed by atoms with Gasteiger partial charge in [-0.25, -0.2) is 28.6 Å². The number of nitrogen functional groups attached to an aromatic ring is 1. The standard InChI is InChI=1S/C39H62N7O19P3S/c1-4-5-7-12-26-24(13-14-27(26)48)10-8-6-9-11-25(47)19-30(50)69-18-17-41-29(49)15-16-42-37(53)34(52)39(2,3)21-62-68(59,60)65-67(57,58)61-20-28-33(64-66(54,55)56)32(51)38(63-28)46-23-45-31-35(40)43-22-44-36(31)46/h5,7,22-24,26,28,32-34,38,51-52H,4,6,8-21H2,1-3H3,(H,41,49)(H,42,53)(H,57,58)(H,59,60)(H2,40,43,44)(H2,54,55,56)/b7-5-/t24-,26-,28+,32+,33+,34-,38+/m0/s1. The molecular weight excluding hydrogens is 995 g/mol. The second kappa shape index (κ2) is 26.4. The topological polar surface area (TPSA) is 398 Å². The number of ketones is 2. The number of phosphoric acid groups is 3. The highest BCUT2D eigenvalue weighted by atomic mass is 32.2. The van der Waals surface area contributed by atoms with Gasteiger partial charge in [0.15, 0.2) is 22.8 Å². The van der Waals surface area contributed by atoms with E-state index in [1.807, 2.05) is 0 Å². The van der Waals surface area contributed by atoms with Crippen LogP contribution in [0.5, 0.6) is 0 Å². The van der Waals surface area contributed by atoms with Gasteiger partial charge in [-0.1, -0.05) is 57.5 Å². The van der Waals surface area contributed by atoms with Crippen LogP contribution in [0.2, 0.25) is 0 Å². The Morgan fingerprint density at radius 1 is 1.01 bits per heavy atom. The second-order valence-electron chi connectivity index (χ2n) is 17.1. The Morgan fingerprint density at radius 3 is 2.45 bits per heavy atom. The van der Waals surface area contributed by atoms with Crippen LogP contribution in [-0.4, -0.2) is 134 Å². The van der Waals surface area contributed by atoms with Crippen LogP contribution in [-0.2, 0) is 60.3 Å². The zero-order chi connectivity index (χ0) is 51.2. The maximum Gasteiger partial charge on any atom is 0.481 e. The smallest absolute Gasteiger partial charge is 0.386 e. The zero-order valence-electron chi connectivity index (χ0n) is 38.3. The molecule has 2 aromatic heterocycles. The van der Waals surface area contributed by atoms with Gasteiger partial charge in [0, 0.05) is 49.4 Å². The summed E-state index contributed by atoms with van der Waals surface area (Å²) < 4.78 is 62.4. The van der Waals surface area contributed by atoms with E-state index >= 15 is 0 Å². The number of allylic oxidation sites excluding steroid dienone is 2. The fourth-order valence-electron chi connectivity index (χ4n) is 7.56. The molecule has 0 bridgehead atoms. The van der Waals surface area contributed by atoms with Crippen molar-refractivity contribution >= 4 is 80.7 Å². The normalized spacial score (nSPS) is 23.2. The average molecular weight is 1060 g/mol. The lowest BCUT2D eigenvalue weighted by Crippen LogP contribution is -2.46. The van der Waals surface area contributed by atoms with Gasteiger partial charge >= 0.3 is 23.5 Å². The second-order valence-corrected chi connectivity index (χ2v) is 22.5. The molecule has 2 amide bonds. The van der Waals surface area contributed by atoms with Crippen LogP contribution in [0, 0.1) is 17.3 Å². The van der Waals surface area contributed by atoms with Crippen LogP contribution < -0.4 is 16.4 Å². The number of nitrogens with one attached hydrogen (secondary N) is 2. The molecule has 388 valence electrons. The molecule has 1 saturated heterocycles. The molecule has 0 radical (unpaired) electrons. The van der Waals surface area contributed by atoms with Crippen molar-refractivity contribution < 1.29 is 90.1 Å². The van der Waals surface area contributed by atoms with Gasteiger partial charge in [-0.05, 0) is 38.0 Å². The number of phosphoric ester groups is 3. The summed E-state index contributed by atoms with van der Waals surface area (Å²) >= 11 is 0.909. The Morgan fingerprint density at radius 2 is 1.74 bits per heavy atom. The molecule has 2 unspecified atom stereocenters. The number of carbonyl (C=O) groups is 5. The van der Waals surface area contributed by atoms with Gasteiger partial charge in [0.2, 0.25) is 11.8 Å². The number of nitrogens with two attached hydrogens (primary N) is 1. The number of aromatic nitrogens is 4. The molecule has 2 fully saturated rings. The third kappa shape index (κ3) is 18.6. The Hall–Kier alpha value is -3.36. The lowest BCUT2D eigenvalue weighted by Gasteiger charge is -2.30. The van der Waals surface area contributed by atoms with Gasteiger partial charge in [-0.15, -0.1) is 0 Å². The number of fused-ring (bicyclic) bond motifs is 1. The molecule has 2 aromatic rings. The molecule has 2 aliphatic rings. The number of unbranched alkanes of at least 4 members (excludes halogenated alkanes) is 2. The van der Waals surface area contributed by atoms with Gasteiger partial charge in [0.05, 0.1) is 26.0 Å². The first kappa shape index (κ1) is 58.2. The molecule has 26 nitrogen and oxygen atoms in total. The van der Waals surface area contributed by atoms with E-state index in [9.17, 15) is 67.5 Å². The van der Waals surface area contributed by atoms with Crippen molar-refractivity contribution in [3.05, 3.63) is 24.8 Å². The number of anilines is 1. The molecule has 69 heavy (non-hydrogen) atoms. The zero-order valence-corrected chi connectivity index (χ0v) is 41.8. The molecule has 4 rings (SSSR count). The van der Waals surface area contributed by atoms with Crippen molar-refractivity contribution in [2.75, 3.05) is 37.8 Å². The maximum absolute atomic E-state index is 12.7. The Balaban J connectivity index is 1.10. The van der Waals surface area contributed by atoms with Gasteiger partial charge in [0.25, 0.3) is 0 Å². The number of carbonyl (C=O) groups excluding carboxylic acids is 5. The summed E-state index contributed by atoms with van der Waals surface area (Å²) in [6.45, 7) is 2.32. The van der Waals surface area contributed by atoms with Crippen molar-refractivity contribution in [3.63, 3.8) is 0 Å². The van der Waals surface area contributed by atoms with Crippen LogP contribution in [0.4, 0.5) is 5.82 Å². The van der Waals surface area contributed by atoms with Crippen molar-refractivity contribution in [2.45, 2.75) is 122 Å². The summed E-state index contributed by atoms with van der Waals surface area (Å²) in [5, 5.41) is 26.2. The van der Waals surface area contributed by atoms with Gasteiger partial charge < -0.3 is 50.9 Å². The lowest BCUT2D eigenvalue weighted by atomic mass is 9.87. The van der Waals surface area contributed by atoms with E-state index in [-0.39, 0.29) is 65.5 Å². The molecule has 0 aromatic carbocycles. The highest BCUT2D eigenvalue weighted by Gasteiger charge is 2.50. The van der Waals surface area contributed by atoms with E-state index < -0.39 is 84.6 Å². The van der Waals surface area contributed by atoms with Crippen molar-refractivity contribution in [1.82, 2.24) is 30.2 Å². The number of amides is 2. The molecule has 3 heterocycles. The van der Waals surface area contributed by atoms with E-state index in [2.05, 4.69) is 53.5 Å². The van der Waals surface area contributed by atoms with Crippen LogP contribution in [0.15, 0.2) is 24.8 Å². The number of rotatable bonds is 30. The number of hydrogen-bond acceptors (Lipinski definition) is 20. The average Bonchev–Trinajstić information content (AvgIpc) is 3.94. The first-order valence-corrected chi connectivity index (χ1v) is 27.6. The minimum Gasteiger partial charge on any atom is -0.386 e. The summed E-state index contributed by atoms with van der Waals surface area (Å²) in [5.74, 6) is -0.706. The van der Waals surface area contributed by atoms with Crippen molar-refractivity contribution in [2.24, 2.45) is 17.3 Å². The number of aliphatic hydroxyl groups excluding tert-OH is 2. The van der Waals surface area contributed by atoms with Gasteiger partial charge in [-0.2, -0.15) is 4.31 Å². The molecule has 30 heteroatoms. The summed E-state index contributed by atoms with van der Waals surface area (Å²) in [6, 6.07) is 0. The summed E-state index contributed by atoms with van der Waals surface area (Å²) in [6.07, 6.45) is 3.82. The molecule has 1 aliphatic carbocycles. The highest BCUT2D eigenvalue weighted by Crippen LogP contribution is 2.61. The summed E-state index contributed by atoms with van der Waals surface area (Å²) in [4.78, 5) is 113. The van der Waals surface area contributed by atoms with Crippen molar-refractivity contribution in [3.8, 4) is 0 Å². The predicted octanol–water partition coefficient (Wildman–Crippen LogP) is 2.53. The third-order valence-corrected chi connectivity index (χ3v) is 15.1. The first-order valence-electron chi connectivity index (χ1n) is 22.1. The van der Waals surface area contributed by atoms with Crippen LogP contribution in [0.3, 0.4) is 0 Å². The van der Waals surface area contributed by atoms with Crippen LogP contribution in [0.1, 0.15) is 97.6 Å². The summed E-state index contributed by atoms with van der Waals surface area (Å²) in [5.41, 5.74) is 4.22. The monoisotopic (exact) mass is 1060 g/mol. The van der Waals surface area contributed by atoms with E-state index in [1.54, 1.807) is 0 Å². The number of imidazole rings is 1. The minimum atomic E-state index is -5.60. The number of thioether (sulfide) groups is 1. The fourth-order valence-corrected chi connectivity index (χ4v) is 11.1. The molecule has 1 saturated carbocycles. The molecule has 1 aliphatic heterocycles. The molecular formula is C39H62N7O19P3S. The highest BCUT2D eigenvalue weighted by molar-refractivity contribution is 8.13. The number of aliphatic hydroxyl groups is 2. The Kier molecular flexibility index (Phi) is 22.2. The Labute approximate surface area is 401 Å². The number of Topliss-reactive ketones (excluding diaryl/α,β-unsaturated/α-hetero) is 2. The quantitative estimate of drug-likeness (QED) is 0.0235. The molecule has 0 spiro atoms. The number of ether oxygens (including phenoxy) is 1. The van der Waals surface area contributed by atoms with E-state index in [1.165, 1.54) is 13.8 Å². The van der Waals surface area contributed by atoms with E-state index in [0.29, 0.717) is 31.0 Å². The number of hydrogen-bond donors (Lipinski definition) is 9. The summed E-state index contributed by atoms with van der Waals surface area (Å²) in [7, 11) is -16.5. The molecule has 10 N–H and O–H groups in total. The molecule has 9 atom stereocenters. The first-order chi connectivity index (χ1) is 32.3. The maximum atomic E-state index is 12.7. The fraction of sp³-hybridized carbons (Fsp3) is 0.692.